The largest absolute Gasteiger partial charge is 0.384 e. The van der Waals surface area contributed by atoms with E-state index in [-0.39, 0.29) is 0 Å². The summed E-state index contributed by atoms with van der Waals surface area (Å²) in [6.07, 6.45) is 4.51. The Labute approximate surface area is 54.5 Å². The van der Waals surface area contributed by atoms with Crippen LogP contribution in [0.5, 0.6) is 0 Å². The van der Waals surface area contributed by atoms with Crippen molar-refractivity contribution in [3.63, 3.8) is 0 Å². The summed E-state index contributed by atoms with van der Waals surface area (Å²) >= 11 is 0. The van der Waals surface area contributed by atoms with Crippen LogP contribution in [-0.2, 0) is 6.54 Å². The Morgan fingerprint density at radius 3 is 3.00 bits per heavy atom. The molecule has 1 aromatic heterocycles. The minimum Gasteiger partial charge on any atom is -0.384 e. The van der Waals surface area contributed by atoms with Crippen LogP contribution < -0.4 is 5.73 Å². The van der Waals surface area contributed by atoms with E-state index in [1.165, 1.54) is 0 Å². The van der Waals surface area contributed by atoms with Gasteiger partial charge in [-0.05, 0) is 6.42 Å². The average Bonchev–Trinajstić information content (AvgIpc) is 2.18. The number of anilines is 1. The number of aromatic nitrogens is 2. The molecule has 0 aromatic carbocycles. The summed E-state index contributed by atoms with van der Waals surface area (Å²) in [6, 6.07) is 0. The first-order valence-electron chi connectivity index (χ1n) is 3.10. The van der Waals surface area contributed by atoms with Gasteiger partial charge >= 0.3 is 0 Å². The average molecular weight is 125 g/mol. The van der Waals surface area contributed by atoms with Gasteiger partial charge in [0.15, 0.2) is 0 Å². The van der Waals surface area contributed by atoms with E-state index in [1.54, 1.807) is 12.5 Å². The summed E-state index contributed by atoms with van der Waals surface area (Å²) in [7, 11) is 0. The Kier molecular flexibility index (Phi) is 1.72. The second kappa shape index (κ2) is 2.53. The molecular weight excluding hydrogens is 114 g/mol. The van der Waals surface area contributed by atoms with E-state index in [1.807, 2.05) is 4.57 Å². The molecule has 0 aliphatic heterocycles. The van der Waals surface area contributed by atoms with Gasteiger partial charge in [0.2, 0.25) is 0 Å². The van der Waals surface area contributed by atoms with Crippen molar-refractivity contribution in [1.82, 2.24) is 9.55 Å². The van der Waals surface area contributed by atoms with Crippen molar-refractivity contribution in [2.45, 2.75) is 19.9 Å². The fraction of sp³-hybridized carbons (Fsp3) is 0.500. The van der Waals surface area contributed by atoms with Gasteiger partial charge in [-0.3, -0.25) is 0 Å². The zero-order valence-electron chi connectivity index (χ0n) is 5.54. The quantitative estimate of drug-likeness (QED) is 0.637. The number of nitrogens with zero attached hydrogens (tertiary/aromatic N) is 2. The van der Waals surface area contributed by atoms with Crippen LogP contribution in [0.3, 0.4) is 0 Å². The summed E-state index contributed by atoms with van der Waals surface area (Å²) in [5.74, 6) is 0.747. The number of nitrogens with two attached hydrogens (primary N) is 1. The second-order valence-electron chi connectivity index (χ2n) is 2.01. The molecule has 0 aliphatic carbocycles. The molecule has 1 rings (SSSR count). The third-order valence-electron chi connectivity index (χ3n) is 1.21. The fourth-order valence-corrected chi connectivity index (χ4v) is 0.759. The molecule has 0 aliphatic rings. The Morgan fingerprint density at radius 1 is 1.78 bits per heavy atom. The molecule has 0 radical (unpaired) electrons. The Balaban J connectivity index is 2.69. The number of hydrogen-bond acceptors (Lipinski definition) is 2. The van der Waals surface area contributed by atoms with E-state index in [2.05, 4.69) is 11.9 Å². The highest BCUT2D eigenvalue weighted by molar-refractivity contribution is 5.24. The Hall–Kier alpha value is -0.990. The van der Waals surface area contributed by atoms with E-state index in [4.69, 9.17) is 5.73 Å². The van der Waals surface area contributed by atoms with Crippen LogP contribution in [0.4, 0.5) is 5.82 Å². The molecule has 9 heavy (non-hydrogen) atoms. The summed E-state index contributed by atoms with van der Waals surface area (Å²) in [6.45, 7) is 3.07. The van der Waals surface area contributed by atoms with Gasteiger partial charge in [-0.1, -0.05) is 6.92 Å². The smallest absolute Gasteiger partial charge is 0.123 e. The van der Waals surface area contributed by atoms with Crippen molar-refractivity contribution in [1.29, 1.82) is 0 Å². The maximum atomic E-state index is 5.53. The third-order valence-corrected chi connectivity index (χ3v) is 1.21. The Morgan fingerprint density at radius 2 is 2.56 bits per heavy atom. The maximum Gasteiger partial charge on any atom is 0.123 e. The lowest BCUT2D eigenvalue weighted by atomic mass is 10.5. The van der Waals surface area contributed by atoms with Gasteiger partial charge in [0.25, 0.3) is 0 Å². The minimum absolute atomic E-state index is 0.747. The summed E-state index contributed by atoms with van der Waals surface area (Å²) < 4.78 is 1.93. The molecule has 0 bridgehead atoms. The van der Waals surface area contributed by atoms with Gasteiger partial charge in [0.05, 0.1) is 12.5 Å². The van der Waals surface area contributed by atoms with Crippen LogP contribution in [0, 0.1) is 0 Å². The van der Waals surface area contributed by atoms with Gasteiger partial charge in [0.1, 0.15) is 5.82 Å². The standard InChI is InChI=1S/C6H11N3/c1-2-3-9-5-8-4-6(9)7/h4-5H,2-3,7H2,1H3. The molecule has 2 N–H and O–H groups in total. The van der Waals surface area contributed by atoms with E-state index in [0.717, 1.165) is 18.8 Å². The van der Waals surface area contributed by atoms with E-state index >= 15 is 0 Å². The molecular formula is C6H11N3. The monoisotopic (exact) mass is 125 g/mol. The van der Waals surface area contributed by atoms with Crippen molar-refractivity contribution >= 4 is 5.82 Å². The topological polar surface area (TPSA) is 43.8 Å². The summed E-state index contributed by atoms with van der Waals surface area (Å²) in [5.41, 5.74) is 5.53. The highest BCUT2D eigenvalue weighted by Crippen LogP contribution is 1.99. The number of hydrogen-bond donors (Lipinski definition) is 1. The molecule has 3 nitrogen and oxygen atoms in total. The molecule has 50 valence electrons. The lowest BCUT2D eigenvalue weighted by Crippen LogP contribution is -1.99. The van der Waals surface area contributed by atoms with Crippen molar-refractivity contribution in [3.8, 4) is 0 Å². The van der Waals surface area contributed by atoms with Crippen LogP contribution in [0.15, 0.2) is 12.5 Å². The normalized spacial score (nSPS) is 9.89. The SMILES string of the molecule is CCCn1cncc1N. The van der Waals surface area contributed by atoms with E-state index < -0.39 is 0 Å². The van der Waals surface area contributed by atoms with Gasteiger partial charge in [-0.15, -0.1) is 0 Å². The zero-order chi connectivity index (χ0) is 6.69. The van der Waals surface area contributed by atoms with Crippen molar-refractivity contribution in [2.24, 2.45) is 0 Å². The second-order valence-corrected chi connectivity index (χ2v) is 2.01. The maximum absolute atomic E-state index is 5.53. The molecule has 0 saturated carbocycles. The third kappa shape index (κ3) is 1.22. The van der Waals surface area contributed by atoms with Crippen LogP contribution in [0.2, 0.25) is 0 Å². The number of imidazole rings is 1. The lowest BCUT2D eigenvalue weighted by Gasteiger charge is -1.98. The fourth-order valence-electron chi connectivity index (χ4n) is 0.759. The van der Waals surface area contributed by atoms with Crippen LogP contribution >= 0.6 is 0 Å². The van der Waals surface area contributed by atoms with E-state index in [9.17, 15) is 0 Å². The van der Waals surface area contributed by atoms with Gasteiger partial charge in [-0.2, -0.15) is 0 Å². The van der Waals surface area contributed by atoms with Gasteiger partial charge < -0.3 is 10.3 Å². The van der Waals surface area contributed by atoms with Crippen LogP contribution in [0.1, 0.15) is 13.3 Å². The number of nitrogen functional groups attached to an aromatic ring is 1. The first kappa shape index (κ1) is 6.13. The lowest BCUT2D eigenvalue weighted by molar-refractivity contribution is 0.686. The first-order valence-corrected chi connectivity index (χ1v) is 3.10. The molecule has 0 unspecified atom stereocenters. The molecule has 0 fully saturated rings. The van der Waals surface area contributed by atoms with Crippen LogP contribution in [-0.4, -0.2) is 9.55 Å². The predicted molar refractivity (Wildman–Crippen MR) is 36.9 cm³/mol. The van der Waals surface area contributed by atoms with Gasteiger partial charge in [0, 0.05) is 6.54 Å². The molecule has 1 aromatic rings. The van der Waals surface area contributed by atoms with Crippen LogP contribution in [0.25, 0.3) is 0 Å². The van der Waals surface area contributed by atoms with Crippen molar-refractivity contribution in [3.05, 3.63) is 12.5 Å². The molecule has 0 saturated heterocycles. The van der Waals surface area contributed by atoms with Gasteiger partial charge in [-0.25, -0.2) is 4.98 Å². The van der Waals surface area contributed by atoms with E-state index in [0.29, 0.717) is 0 Å². The predicted octanol–water partition coefficient (Wildman–Crippen LogP) is 0.875. The molecule has 0 spiro atoms. The molecule has 0 amide bonds. The highest BCUT2D eigenvalue weighted by atomic mass is 15.1. The number of rotatable bonds is 2. The summed E-state index contributed by atoms with van der Waals surface area (Å²) in [4.78, 5) is 3.88. The first-order chi connectivity index (χ1) is 4.34. The van der Waals surface area contributed by atoms with Crippen molar-refractivity contribution < 1.29 is 0 Å². The molecule has 0 atom stereocenters. The molecule has 1 heterocycles. The Bertz CT molecular complexity index is 180. The minimum atomic E-state index is 0.747. The summed E-state index contributed by atoms with van der Waals surface area (Å²) in [5, 5.41) is 0. The highest BCUT2D eigenvalue weighted by Gasteiger charge is 1.91. The molecule has 3 heteroatoms. The zero-order valence-corrected chi connectivity index (χ0v) is 5.54. The van der Waals surface area contributed by atoms with Crippen molar-refractivity contribution in [2.75, 3.05) is 5.73 Å². The number of aryl methyl sites for hydroxylation is 1.